The number of nitrogens with zero attached hydrogens (tertiary/aromatic N) is 2. The second-order valence-electron chi connectivity index (χ2n) is 15.2. The molecule has 2 aliphatic rings. The Labute approximate surface area is 308 Å². The van der Waals surface area contributed by atoms with Crippen LogP contribution in [0.25, 0.3) is 0 Å². The van der Waals surface area contributed by atoms with Crippen LogP contribution in [0.3, 0.4) is 0 Å². The van der Waals surface area contributed by atoms with Gasteiger partial charge in [0, 0.05) is 37.1 Å². The van der Waals surface area contributed by atoms with Crippen molar-refractivity contribution in [3.05, 3.63) is 30.1 Å². The van der Waals surface area contributed by atoms with Gasteiger partial charge in [-0.3, -0.25) is 24.3 Å². The number of carbonyl (C=O) groups is 3. The lowest BCUT2D eigenvalue weighted by Crippen LogP contribution is -2.61. The van der Waals surface area contributed by atoms with Crippen molar-refractivity contribution >= 4 is 17.7 Å². The molecule has 3 rings (SSSR count). The van der Waals surface area contributed by atoms with E-state index < -0.39 is 89.7 Å². The second kappa shape index (κ2) is 18.4. The Bertz CT molecular complexity index is 1390. The number of aliphatic hydroxyl groups is 3. The van der Waals surface area contributed by atoms with Gasteiger partial charge >= 0.3 is 11.9 Å². The first-order valence-corrected chi connectivity index (χ1v) is 18.2. The van der Waals surface area contributed by atoms with Crippen molar-refractivity contribution < 1.29 is 53.4 Å². The van der Waals surface area contributed by atoms with Crippen LogP contribution in [0.15, 0.2) is 24.4 Å². The van der Waals surface area contributed by atoms with E-state index in [1.807, 2.05) is 11.8 Å². The third kappa shape index (κ3) is 9.96. The minimum atomic E-state index is -2.00. The maximum Gasteiger partial charge on any atom is 0.312 e. The van der Waals surface area contributed by atoms with E-state index in [4.69, 9.17) is 30.1 Å². The molecule has 0 amide bonds. The van der Waals surface area contributed by atoms with Gasteiger partial charge in [-0.25, -0.2) is 0 Å². The van der Waals surface area contributed by atoms with Gasteiger partial charge in [0.05, 0.1) is 48.5 Å². The molecule has 2 saturated heterocycles. The summed E-state index contributed by atoms with van der Waals surface area (Å²) >= 11 is 0. The summed E-state index contributed by atoms with van der Waals surface area (Å²) in [6.45, 7) is 13.4. The highest BCUT2D eigenvalue weighted by molar-refractivity contribution is 5.83. The van der Waals surface area contributed by atoms with Crippen molar-refractivity contribution in [1.29, 1.82) is 0 Å². The van der Waals surface area contributed by atoms with Crippen LogP contribution < -0.4 is 0 Å². The number of cyclic esters (lactones) is 1. The fourth-order valence-electron chi connectivity index (χ4n) is 7.81. The summed E-state index contributed by atoms with van der Waals surface area (Å²) in [5, 5.41) is 34.6. The van der Waals surface area contributed by atoms with Crippen LogP contribution in [-0.2, 0) is 44.5 Å². The molecule has 2 aliphatic heterocycles. The first-order chi connectivity index (χ1) is 24.3. The SMILES string of the molecule is C#CCN(C)[C@H]1C[C@@H](C)O[C@@H](O[C@@H]2[C@@H](C)[C@H](OC(=O)Cc3ccccn3)[C@@H](C)C(=O)O[C@H](CC)[C@@](C)(O)[C@H](O)[C@@H](C)C(=O)[C@H](C)C[C@@]2(C)OC)[C@@H]1O. The van der Waals surface area contributed by atoms with Crippen molar-refractivity contribution in [1.82, 2.24) is 9.88 Å². The lowest BCUT2D eigenvalue weighted by molar-refractivity contribution is -0.302. The molecule has 0 unspecified atom stereocenters. The zero-order chi connectivity index (χ0) is 39.1. The predicted molar refractivity (Wildman–Crippen MR) is 191 cm³/mol. The van der Waals surface area contributed by atoms with E-state index in [2.05, 4.69) is 10.9 Å². The lowest BCUT2D eigenvalue weighted by atomic mass is 9.74. The number of aliphatic hydroxyl groups excluding tert-OH is 2. The molecule has 0 aliphatic carbocycles. The summed E-state index contributed by atoms with van der Waals surface area (Å²) in [6, 6.07) is 4.72. The van der Waals surface area contributed by atoms with Gasteiger partial charge in [0.15, 0.2) is 6.29 Å². The van der Waals surface area contributed by atoms with Gasteiger partial charge in [0.1, 0.15) is 29.7 Å². The smallest absolute Gasteiger partial charge is 0.312 e. The Morgan fingerprint density at radius 2 is 1.81 bits per heavy atom. The molecule has 0 spiro atoms. The normalized spacial score (nSPS) is 39.6. The molecule has 0 radical (unpaired) electrons. The summed E-state index contributed by atoms with van der Waals surface area (Å²) in [5.41, 5.74) is -2.86. The molecule has 3 heterocycles. The fourth-order valence-corrected chi connectivity index (χ4v) is 7.81. The molecule has 0 saturated carbocycles. The number of carbonyl (C=O) groups excluding carboxylic acids is 3. The van der Waals surface area contributed by atoms with Gasteiger partial charge < -0.3 is 39.0 Å². The van der Waals surface area contributed by atoms with Crippen molar-refractivity contribution in [2.24, 2.45) is 23.7 Å². The molecule has 13 nitrogen and oxygen atoms in total. The molecule has 14 atom stereocenters. The minimum Gasteiger partial charge on any atom is -0.461 e. The third-order valence-corrected chi connectivity index (χ3v) is 11.0. The Hall–Kier alpha value is -2.96. The molecule has 0 bridgehead atoms. The maximum absolute atomic E-state index is 14.0. The van der Waals surface area contributed by atoms with E-state index in [1.54, 1.807) is 66.1 Å². The average Bonchev–Trinajstić information content (AvgIpc) is 3.11. The number of aromatic nitrogens is 1. The number of ether oxygens (including phenoxy) is 5. The van der Waals surface area contributed by atoms with Crippen LogP contribution in [-0.4, -0.2) is 124 Å². The van der Waals surface area contributed by atoms with Crippen molar-refractivity contribution in [3.8, 4) is 12.3 Å². The molecule has 292 valence electrons. The van der Waals surface area contributed by atoms with Gasteiger partial charge in [-0.15, -0.1) is 6.42 Å². The lowest BCUT2D eigenvalue weighted by Gasteiger charge is -2.48. The zero-order valence-electron chi connectivity index (χ0n) is 32.4. The number of ketones is 1. The van der Waals surface area contributed by atoms with Gasteiger partial charge in [-0.2, -0.15) is 0 Å². The monoisotopic (exact) mass is 732 g/mol. The molecule has 13 heteroatoms. The van der Waals surface area contributed by atoms with Crippen molar-refractivity contribution in [2.45, 2.75) is 141 Å². The topological polar surface area (TPSA) is 174 Å². The van der Waals surface area contributed by atoms with Crippen LogP contribution in [0.4, 0.5) is 0 Å². The highest BCUT2D eigenvalue weighted by atomic mass is 16.7. The van der Waals surface area contributed by atoms with E-state index >= 15 is 0 Å². The average molecular weight is 733 g/mol. The minimum absolute atomic E-state index is 0.0555. The largest absolute Gasteiger partial charge is 0.461 e. The Morgan fingerprint density at radius 1 is 1.13 bits per heavy atom. The molecule has 1 aromatic rings. The quantitative estimate of drug-likeness (QED) is 0.250. The van der Waals surface area contributed by atoms with Crippen LogP contribution in [0, 0.1) is 36.0 Å². The maximum atomic E-state index is 14.0. The number of hydrogen-bond acceptors (Lipinski definition) is 13. The Kier molecular flexibility index (Phi) is 15.4. The van der Waals surface area contributed by atoms with Gasteiger partial charge in [-0.05, 0) is 66.1 Å². The van der Waals surface area contributed by atoms with Crippen LogP contribution in [0.2, 0.25) is 0 Å². The van der Waals surface area contributed by atoms with E-state index in [0.717, 1.165) is 0 Å². The Balaban J connectivity index is 2.19. The molecular weight excluding hydrogens is 672 g/mol. The van der Waals surface area contributed by atoms with E-state index in [0.29, 0.717) is 12.1 Å². The molecule has 52 heavy (non-hydrogen) atoms. The van der Waals surface area contributed by atoms with Gasteiger partial charge in [-0.1, -0.05) is 39.7 Å². The number of methoxy groups -OCH3 is 1. The number of rotatable bonds is 9. The summed E-state index contributed by atoms with van der Waals surface area (Å²) in [7, 11) is 3.27. The number of Topliss-reactive ketones (excluding diaryl/α,β-unsaturated/α-hetero) is 1. The summed E-state index contributed by atoms with van der Waals surface area (Å²) in [4.78, 5) is 47.6. The number of hydrogen-bond donors (Lipinski definition) is 3. The van der Waals surface area contributed by atoms with E-state index in [-0.39, 0.29) is 37.7 Å². The van der Waals surface area contributed by atoms with E-state index in [1.165, 1.54) is 21.0 Å². The summed E-state index contributed by atoms with van der Waals surface area (Å²) < 4.78 is 31.1. The van der Waals surface area contributed by atoms with Crippen LogP contribution >= 0.6 is 0 Å². The molecule has 0 aromatic carbocycles. The highest BCUT2D eigenvalue weighted by Crippen LogP contribution is 2.40. The summed E-state index contributed by atoms with van der Waals surface area (Å²) in [5.74, 6) is -2.97. The second-order valence-corrected chi connectivity index (χ2v) is 15.2. The summed E-state index contributed by atoms with van der Waals surface area (Å²) in [6.07, 6.45) is -0.158. The number of esters is 2. The Morgan fingerprint density at radius 3 is 2.38 bits per heavy atom. The van der Waals surface area contributed by atoms with Gasteiger partial charge in [0.25, 0.3) is 0 Å². The standard InChI is InChI=1S/C39H60N2O11/c1-12-18-41(10)28-19-23(4)49-37(32(28)44)52-35-25(6)33(51-30(42)20-27-16-14-15-17-40-27)26(7)36(46)50-29(13-2)39(9,47)34(45)24(5)31(43)22(3)21-38(35,8)48-11/h1,14-17,22-26,28-29,32-35,37,44-45,47H,13,18-21H2,2-11H3/t22-,23-,24+,25+,26-,28+,29-,32-,33+,34-,35-,37+,38-,39-/m1/s1. The van der Waals surface area contributed by atoms with Gasteiger partial charge in [0.2, 0.25) is 0 Å². The number of terminal acetylenes is 1. The molecule has 1 aromatic heterocycles. The molecule has 2 fully saturated rings. The van der Waals surface area contributed by atoms with Crippen molar-refractivity contribution in [2.75, 3.05) is 20.7 Å². The third-order valence-electron chi connectivity index (χ3n) is 11.0. The van der Waals surface area contributed by atoms with Crippen molar-refractivity contribution in [3.63, 3.8) is 0 Å². The van der Waals surface area contributed by atoms with Crippen LogP contribution in [0.5, 0.6) is 0 Å². The van der Waals surface area contributed by atoms with E-state index in [9.17, 15) is 29.7 Å². The highest BCUT2D eigenvalue weighted by Gasteiger charge is 2.53. The van der Waals surface area contributed by atoms with Crippen LogP contribution in [0.1, 0.15) is 80.3 Å². The molecular formula is C39H60N2O11. The fraction of sp³-hybridized carbons (Fsp3) is 0.744. The molecule has 3 N–H and O–H groups in total. The number of likely N-dealkylation sites (N-methyl/N-ethyl adjacent to an activating group) is 1. The first-order valence-electron chi connectivity index (χ1n) is 18.2. The number of pyridine rings is 1. The first kappa shape index (κ1) is 43.4. The predicted octanol–water partition coefficient (Wildman–Crippen LogP) is 2.71. The zero-order valence-corrected chi connectivity index (χ0v) is 32.4.